The number of benzene rings is 1. The lowest BCUT2D eigenvalue weighted by atomic mass is 10.1. The van der Waals surface area contributed by atoms with Crippen molar-refractivity contribution in [3.8, 4) is 0 Å². The van der Waals surface area contributed by atoms with Gasteiger partial charge in [-0.15, -0.1) is 0 Å². The Balaban J connectivity index is 2.03. The Morgan fingerprint density at radius 2 is 1.95 bits per heavy atom. The molecule has 1 atom stereocenters. The van der Waals surface area contributed by atoms with E-state index in [9.17, 15) is 14.4 Å². The number of nitrogens with two attached hydrogens (primary N) is 1. The average Bonchev–Trinajstić information content (AvgIpc) is 3.02. The van der Waals surface area contributed by atoms with Gasteiger partial charge in [-0.3, -0.25) is 9.59 Å². The Labute approximate surface area is 128 Å². The van der Waals surface area contributed by atoms with Gasteiger partial charge in [-0.1, -0.05) is 12.1 Å². The second kappa shape index (κ2) is 6.89. The maximum Gasteiger partial charge on any atom is 0.337 e. The number of hydrogen-bond acceptors (Lipinski definition) is 4. The lowest BCUT2D eigenvalue weighted by molar-refractivity contribution is -0.133. The summed E-state index contributed by atoms with van der Waals surface area (Å²) in [6.07, 6.45) is 4.44. The molecule has 0 saturated carbocycles. The SMILES string of the molecule is COC(=O)c1ccc(C=CC(=O)N2CCCC2C(N)=O)cc1. The number of methoxy groups -OCH3 is 1. The van der Waals surface area contributed by atoms with Gasteiger partial charge >= 0.3 is 5.97 Å². The van der Waals surface area contributed by atoms with Crippen molar-refractivity contribution in [3.05, 3.63) is 41.5 Å². The number of carbonyl (C=O) groups is 3. The third-order valence-electron chi connectivity index (χ3n) is 3.61. The molecule has 0 bridgehead atoms. The average molecular weight is 302 g/mol. The Morgan fingerprint density at radius 3 is 2.55 bits per heavy atom. The van der Waals surface area contributed by atoms with Crippen molar-refractivity contribution in [2.75, 3.05) is 13.7 Å². The fourth-order valence-corrected chi connectivity index (χ4v) is 2.44. The van der Waals surface area contributed by atoms with Gasteiger partial charge in [0.05, 0.1) is 12.7 Å². The van der Waals surface area contributed by atoms with Gasteiger partial charge in [0.25, 0.3) is 0 Å². The van der Waals surface area contributed by atoms with E-state index in [2.05, 4.69) is 4.74 Å². The van der Waals surface area contributed by atoms with Crippen LogP contribution >= 0.6 is 0 Å². The third kappa shape index (κ3) is 3.52. The topological polar surface area (TPSA) is 89.7 Å². The summed E-state index contributed by atoms with van der Waals surface area (Å²) < 4.78 is 4.61. The number of carbonyl (C=O) groups excluding carboxylic acids is 3. The number of nitrogens with zero attached hydrogens (tertiary/aromatic N) is 1. The number of primary amides is 1. The smallest absolute Gasteiger partial charge is 0.337 e. The van der Waals surface area contributed by atoms with Crippen LogP contribution in [0.25, 0.3) is 6.08 Å². The molecule has 1 unspecified atom stereocenters. The number of rotatable bonds is 4. The van der Waals surface area contributed by atoms with E-state index in [4.69, 9.17) is 5.73 Å². The third-order valence-corrected chi connectivity index (χ3v) is 3.61. The van der Waals surface area contributed by atoms with Crippen LogP contribution in [0.1, 0.15) is 28.8 Å². The van der Waals surface area contributed by atoms with Crippen LogP contribution in [0.5, 0.6) is 0 Å². The van der Waals surface area contributed by atoms with Crippen LogP contribution in [-0.2, 0) is 14.3 Å². The van der Waals surface area contributed by atoms with E-state index in [0.29, 0.717) is 18.5 Å². The van der Waals surface area contributed by atoms with Gasteiger partial charge in [0.1, 0.15) is 6.04 Å². The molecule has 1 heterocycles. The second-order valence-electron chi connectivity index (χ2n) is 5.04. The van der Waals surface area contributed by atoms with Gasteiger partial charge in [-0.05, 0) is 36.6 Å². The molecule has 1 fully saturated rings. The Hall–Kier alpha value is -2.63. The first-order valence-corrected chi connectivity index (χ1v) is 6.99. The quantitative estimate of drug-likeness (QED) is 0.662. The zero-order valence-electron chi connectivity index (χ0n) is 12.3. The van der Waals surface area contributed by atoms with E-state index >= 15 is 0 Å². The van der Waals surface area contributed by atoms with Gasteiger partial charge in [0.2, 0.25) is 11.8 Å². The lowest BCUT2D eigenvalue weighted by Crippen LogP contribution is -2.42. The highest BCUT2D eigenvalue weighted by Gasteiger charge is 2.31. The van der Waals surface area contributed by atoms with Crippen LogP contribution in [0.3, 0.4) is 0 Å². The highest BCUT2D eigenvalue weighted by molar-refractivity contribution is 5.96. The maximum atomic E-state index is 12.1. The molecule has 0 spiro atoms. The highest BCUT2D eigenvalue weighted by atomic mass is 16.5. The maximum absolute atomic E-state index is 12.1. The van der Waals surface area contributed by atoms with Crippen LogP contribution in [0.4, 0.5) is 0 Å². The van der Waals surface area contributed by atoms with Crippen molar-refractivity contribution >= 4 is 23.9 Å². The first kappa shape index (κ1) is 15.8. The van der Waals surface area contributed by atoms with Crippen molar-refractivity contribution in [2.24, 2.45) is 5.73 Å². The van der Waals surface area contributed by atoms with Gasteiger partial charge in [0.15, 0.2) is 0 Å². The summed E-state index contributed by atoms with van der Waals surface area (Å²) >= 11 is 0. The second-order valence-corrected chi connectivity index (χ2v) is 5.04. The lowest BCUT2D eigenvalue weighted by Gasteiger charge is -2.20. The molecular weight excluding hydrogens is 284 g/mol. The summed E-state index contributed by atoms with van der Waals surface area (Å²) in [7, 11) is 1.32. The highest BCUT2D eigenvalue weighted by Crippen LogP contribution is 2.17. The van der Waals surface area contributed by atoms with Crippen molar-refractivity contribution < 1.29 is 19.1 Å². The van der Waals surface area contributed by atoms with Gasteiger partial charge in [-0.25, -0.2) is 4.79 Å². The molecule has 0 aliphatic carbocycles. The molecule has 22 heavy (non-hydrogen) atoms. The van der Waals surface area contributed by atoms with E-state index in [1.165, 1.54) is 18.1 Å². The molecule has 2 rings (SSSR count). The van der Waals surface area contributed by atoms with Crippen LogP contribution in [0.2, 0.25) is 0 Å². The molecule has 0 aromatic heterocycles. The normalized spacial score (nSPS) is 17.7. The summed E-state index contributed by atoms with van der Waals surface area (Å²) in [5.41, 5.74) is 6.51. The first-order valence-electron chi connectivity index (χ1n) is 6.99. The zero-order chi connectivity index (χ0) is 16.1. The van der Waals surface area contributed by atoms with Crippen molar-refractivity contribution in [1.29, 1.82) is 0 Å². The molecule has 1 aromatic carbocycles. The van der Waals surface area contributed by atoms with Crippen LogP contribution in [-0.4, -0.2) is 42.4 Å². The largest absolute Gasteiger partial charge is 0.465 e. The number of hydrogen-bond donors (Lipinski definition) is 1. The van der Waals surface area contributed by atoms with E-state index in [1.54, 1.807) is 30.3 Å². The Morgan fingerprint density at radius 1 is 1.27 bits per heavy atom. The molecule has 1 saturated heterocycles. The molecule has 6 nitrogen and oxygen atoms in total. The molecule has 2 N–H and O–H groups in total. The van der Waals surface area contributed by atoms with Crippen LogP contribution in [0, 0.1) is 0 Å². The predicted molar refractivity (Wildman–Crippen MR) is 80.7 cm³/mol. The number of likely N-dealkylation sites (tertiary alicyclic amines) is 1. The number of ether oxygens (including phenoxy) is 1. The van der Waals surface area contributed by atoms with Crippen molar-refractivity contribution in [2.45, 2.75) is 18.9 Å². The zero-order valence-corrected chi connectivity index (χ0v) is 12.3. The number of amides is 2. The van der Waals surface area contributed by atoms with Gasteiger partial charge in [-0.2, -0.15) is 0 Å². The van der Waals surface area contributed by atoms with E-state index < -0.39 is 17.9 Å². The Kier molecular flexibility index (Phi) is 4.93. The minimum atomic E-state index is -0.515. The summed E-state index contributed by atoms with van der Waals surface area (Å²) in [4.78, 5) is 36.2. The fraction of sp³-hybridized carbons (Fsp3) is 0.312. The first-order chi connectivity index (χ1) is 10.5. The summed E-state index contributed by atoms with van der Waals surface area (Å²) in [6, 6.07) is 6.16. The molecule has 1 aliphatic heterocycles. The Bertz CT molecular complexity index is 607. The standard InChI is InChI=1S/C16H18N2O4/c1-22-16(21)12-7-4-11(5-8-12)6-9-14(19)18-10-2-3-13(18)15(17)20/h4-9,13H,2-3,10H2,1H3,(H2,17,20). The fourth-order valence-electron chi connectivity index (χ4n) is 2.44. The molecule has 0 radical (unpaired) electrons. The van der Waals surface area contributed by atoms with E-state index in [1.807, 2.05) is 0 Å². The van der Waals surface area contributed by atoms with Crippen molar-refractivity contribution in [3.63, 3.8) is 0 Å². The monoisotopic (exact) mass is 302 g/mol. The number of esters is 1. The summed E-state index contributed by atoms with van der Waals surface area (Å²) in [6.45, 7) is 0.540. The molecule has 6 heteroatoms. The molecule has 1 aromatic rings. The molecule has 116 valence electrons. The van der Waals surface area contributed by atoms with Crippen LogP contribution < -0.4 is 5.73 Å². The van der Waals surface area contributed by atoms with Crippen molar-refractivity contribution in [1.82, 2.24) is 4.90 Å². The van der Waals surface area contributed by atoms with E-state index in [-0.39, 0.29) is 5.91 Å². The predicted octanol–water partition coefficient (Wildman–Crippen LogP) is 0.963. The van der Waals surface area contributed by atoms with Gasteiger partial charge < -0.3 is 15.4 Å². The minimum Gasteiger partial charge on any atom is -0.465 e. The van der Waals surface area contributed by atoms with Crippen LogP contribution in [0.15, 0.2) is 30.3 Å². The minimum absolute atomic E-state index is 0.238. The molecule has 1 aliphatic rings. The molecule has 2 amide bonds. The van der Waals surface area contributed by atoms with E-state index in [0.717, 1.165) is 12.0 Å². The summed E-state index contributed by atoms with van der Waals surface area (Å²) in [5, 5.41) is 0. The van der Waals surface area contributed by atoms with Gasteiger partial charge in [0, 0.05) is 12.6 Å². The molecular formula is C16H18N2O4. The summed E-state index contributed by atoms with van der Waals surface area (Å²) in [5.74, 6) is -1.12.